The van der Waals surface area contributed by atoms with Crippen molar-refractivity contribution in [3.8, 4) is 16.9 Å². The van der Waals surface area contributed by atoms with Crippen LogP contribution in [0.15, 0.2) is 48.5 Å². The van der Waals surface area contributed by atoms with Gasteiger partial charge < -0.3 is 15.2 Å². The molecule has 1 saturated heterocycles. The first-order valence-electron chi connectivity index (χ1n) is 6.50. The minimum Gasteiger partial charge on any atom is -0.424 e. The number of ether oxygens (including phenoxy) is 2. The minimum atomic E-state index is -0.426. The Balaban J connectivity index is 2.02. The van der Waals surface area contributed by atoms with Gasteiger partial charge in [-0.15, -0.1) is 0 Å². The quantitative estimate of drug-likeness (QED) is 0.524. The molecule has 0 aliphatic carbocycles. The van der Waals surface area contributed by atoms with Gasteiger partial charge in [-0.2, -0.15) is 0 Å². The molecule has 1 fully saturated rings. The predicted molar refractivity (Wildman–Crippen MR) is 75.1 cm³/mol. The van der Waals surface area contributed by atoms with Crippen molar-refractivity contribution in [2.75, 3.05) is 6.61 Å². The summed E-state index contributed by atoms with van der Waals surface area (Å²) in [4.78, 5) is 11.8. The third kappa shape index (κ3) is 2.57. The van der Waals surface area contributed by atoms with Crippen LogP contribution in [-0.4, -0.2) is 18.7 Å². The minimum absolute atomic E-state index is 0.314. The fourth-order valence-corrected chi connectivity index (χ4v) is 2.06. The highest BCUT2D eigenvalue weighted by Gasteiger charge is 2.34. The molecule has 0 amide bonds. The zero-order valence-electron chi connectivity index (χ0n) is 10.9. The molecule has 20 heavy (non-hydrogen) atoms. The number of nitrogens with two attached hydrogens (primary N) is 1. The van der Waals surface area contributed by atoms with Gasteiger partial charge in [0.2, 0.25) is 0 Å². The molecule has 1 atom stereocenters. The highest BCUT2D eigenvalue weighted by atomic mass is 16.6. The van der Waals surface area contributed by atoms with Crippen LogP contribution in [0.4, 0.5) is 0 Å². The number of rotatable bonds is 4. The second-order valence-electron chi connectivity index (χ2n) is 4.61. The molecule has 4 nitrogen and oxygen atoms in total. The largest absolute Gasteiger partial charge is 0.424 e. The van der Waals surface area contributed by atoms with Crippen LogP contribution < -0.4 is 10.5 Å². The number of para-hydroxylation sites is 1. The lowest BCUT2D eigenvalue weighted by molar-refractivity contribution is -0.135. The van der Waals surface area contributed by atoms with E-state index in [9.17, 15) is 4.79 Å². The molecule has 0 bridgehead atoms. The summed E-state index contributed by atoms with van der Waals surface area (Å²) in [5.41, 5.74) is 8.40. The number of epoxide rings is 1. The van der Waals surface area contributed by atoms with Gasteiger partial charge in [0.25, 0.3) is 0 Å². The van der Waals surface area contributed by atoms with Crippen molar-refractivity contribution >= 4 is 5.97 Å². The van der Waals surface area contributed by atoms with Crippen molar-refractivity contribution < 1.29 is 14.3 Å². The summed E-state index contributed by atoms with van der Waals surface area (Å²) in [6.07, 6.45) is -0.426. The van der Waals surface area contributed by atoms with Gasteiger partial charge in [0, 0.05) is 17.7 Å². The standard InChI is InChI=1S/C16H15NO3/c17-9-12-7-4-8-13(11-5-2-1-3-6-11)15(12)20-16(18)14-10-19-14/h1-8,14H,9-10,17H2. The monoisotopic (exact) mass is 269 g/mol. The first-order chi connectivity index (χ1) is 9.79. The number of carbonyl (C=O) groups is 1. The number of benzene rings is 2. The molecule has 0 radical (unpaired) electrons. The van der Waals surface area contributed by atoms with Gasteiger partial charge in [-0.3, -0.25) is 0 Å². The van der Waals surface area contributed by atoms with E-state index >= 15 is 0 Å². The topological polar surface area (TPSA) is 64.8 Å². The number of carbonyl (C=O) groups excluding carboxylic acids is 1. The maximum atomic E-state index is 11.8. The number of hydrogen-bond donors (Lipinski definition) is 1. The Labute approximate surface area is 117 Å². The van der Waals surface area contributed by atoms with Crippen LogP contribution in [0.3, 0.4) is 0 Å². The Morgan fingerprint density at radius 1 is 1.20 bits per heavy atom. The molecule has 1 heterocycles. The van der Waals surface area contributed by atoms with Crippen molar-refractivity contribution in [2.45, 2.75) is 12.6 Å². The summed E-state index contributed by atoms with van der Waals surface area (Å²) in [6, 6.07) is 15.5. The molecule has 2 aromatic rings. The van der Waals surface area contributed by atoms with Gasteiger partial charge >= 0.3 is 5.97 Å². The van der Waals surface area contributed by atoms with E-state index < -0.39 is 6.10 Å². The highest BCUT2D eigenvalue weighted by Crippen LogP contribution is 2.34. The van der Waals surface area contributed by atoms with Crippen LogP contribution in [-0.2, 0) is 16.1 Å². The van der Waals surface area contributed by atoms with E-state index in [-0.39, 0.29) is 5.97 Å². The van der Waals surface area contributed by atoms with E-state index in [0.717, 1.165) is 16.7 Å². The van der Waals surface area contributed by atoms with Crippen molar-refractivity contribution in [1.82, 2.24) is 0 Å². The Morgan fingerprint density at radius 3 is 2.60 bits per heavy atom. The van der Waals surface area contributed by atoms with Crippen LogP contribution in [0.25, 0.3) is 11.1 Å². The summed E-state index contributed by atoms with van der Waals surface area (Å²) in [5.74, 6) is 0.171. The fraction of sp³-hybridized carbons (Fsp3) is 0.188. The van der Waals surface area contributed by atoms with Gasteiger partial charge in [0.1, 0.15) is 5.75 Å². The fourth-order valence-electron chi connectivity index (χ4n) is 2.06. The lowest BCUT2D eigenvalue weighted by atomic mass is 10.0. The van der Waals surface area contributed by atoms with Gasteiger partial charge in [-0.05, 0) is 5.56 Å². The van der Waals surface area contributed by atoms with E-state index in [4.69, 9.17) is 15.2 Å². The SMILES string of the molecule is NCc1cccc(-c2ccccc2)c1OC(=O)C1CO1. The maximum absolute atomic E-state index is 11.8. The highest BCUT2D eigenvalue weighted by molar-refractivity contribution is 5.83. The second-order valence-corrected chi connectivity index (χ2v) is 4.61. The van der Waals surface area contributed by atoms with Crippen molar-refractivity contribution in [1.29, 1.82) is 0 Å². The molecule has 1 aliphatic rings. The average molecular weight is 269 g/mol. The molecular weight excluding hydrogens is 254 g/mol. The van der Waals surface area contributed by atoms with Gasteiger partial charge in [-0.1, -0.05) is 48.5 Å². The maximum Gasteiger partial charge on any atom is 0.343 e. The van der Waals surface area contributed by atoms with Crippen molar-refractivity contribution in [3.05, 3.63) is 54.1 Å². The Hall–Kier alpha value is -2.17. The molecule has 2 N–H and O–H groups in total. The van der Waals surface area contributed by atoms with Crippen LogP contribution in [0, 0.1) is 0 Å². The summed E-state index contributed by atoms with van der Waals surface area (Å²) in [6.45, 7) is 0.749. The summed E-state index contributed by atoms with van der Waals surface area (Å²) < 4.78 is 10.5. The molecule has 4 heteroatoms. The van der Waals surface area contributed by atoms with Gasteiger partial charge in [-0.25, -0.2) is 4.79 Å². The number of hydrogen-bond acceptors (Lipinski definition) is 4. The first kappa shape index (κ1) is 12.8. The Morgan fingerprint density at radius 2 is 1.95 bits per heavy atom. The molecule has 0 aromatic heterocycles. The zero-order valence-corrected chi connectivity index (χ0v) is 10.9. The van der Waals surface area contributed by atoms with Crippen molar-refractivity contribution in [2.24, 2.45) is 5.73 Å². The van der Waals surface area contributed by atoms with Crippen LogP contribution >= 0.6 is 0 Å². The van der Waals surface area contributed by atoms with E-state index in [2.05, 4.69) is 0 Å². The normalized spacial score (nSPS) is 16.8. The first-order valence-corrected chi connectivity index (χ1v) is 6.50. The third-order valence-corrected chi connectivity index (χ3v) is 3.20. The summed E-state index contributed by atoms with van der Waals surface area (Å²) in [7, 11) is 0. The molecule has 102 valence electrons. The van der Waals surface area contributed by atoms with Gasteiger partial charge in [0.15, 0.2) is 6.10 Å². The summed E-state index contributed by atoms with van der Waals surface area (Å²) in [5, 5.41) is 0. The molecule has 0 saturated carbocycles. The smallest absolute Gasteiger partial charge is 0.343 e. The van der Waals surface area contributed by atoms with E-state index in [1.165, 1.54) is 0 Å². The number of esters is 1. The predicted octanol–water partition coefficient (Wildman–Crippen LogP) is 2.12. The Kier molecular flexibility index (Phi) is 3.50. The van der Waals surface area contributed by atoms with E-state index in [1.807, 2.05) is 48.5 Å². The third-order valence-electron chi connectivity index (χ3n) is 3.20. The lowest BCUT2D eigenvalue weighted by Crippen LogP contribution is -2.17. The molecule has 0 spiro atoms. The molecular formula is C16H15NO3. The summed E-state index contributed by atoms with van der Waals surface area (Å²) >= 11 is 0. The second kappa shape index (κ2) is 5.45. The van der Waals surface area contributed by atoms with Crippen molar-refractivity contribution in [3.63, 3.8) is 0 Å². The molecule has 3 rings (SSSR count). The average Bonchev–Trinajstić information content (AvgIpc) is 3.33. The lowest BCUT2D eigenvalue weighted by Gasteiger charge is -2.13. The van der Waals surface area contributed by atoms with Crippen LogP contribution in [0.5, 0.6) is 5.75 Å². The molecule has 1 unspecified atom stereocenters. The Bertz CT molecular complexity index is 621. The van der Waals surface area contributed by atoms with Crippen LogP contribution in [0.1, 0.15) is 5.56 Å². The van der Waals surface area contributed by atoms with Crippen LogP contribution in [0.2, 0.25) is 0 Å². The molecule has 1 aliphatic heterocycles. The van der Waals surface area contributed by atoms with E-state index in [0.29, 0.717) is 18.9 Å². The van der Waals surface area contributed by atoms with E-state index in [1.54, 1.807) is 0 Å². The van der Waals surface area contributed by atoms with Gasteiger partial charge in [0.05, 0.1) is 6.61 Å². The molecule has 2 aromatic carbocycles. The zero-order chi connectivity index (χ0) is 13.9.